The standard InChI is InChI=1S/C15H18Cl2N4O2.HI/c1-21-10(7-11(16)14(21)17)8-19-15(18)20-9-4-5-12(22-2)13(6-9)23-3;/h4-7H,8H2,1-3H3,(H3,18,19,20);1H. The van der Waals surface area contributed by atoms with Crippen LogP contribution in [0.1, 0.15) is 5.69 Å². The first-order valence-electron chi connectivity index (χ1n) is 6.74. The predicted octanol–water partition coefficient (Wildman–Crippen LogP) is 3.89. The Labute approximate surface area is 167 Å². The van der Waals surface area contributed by atoms with Crippen molar-refractivity contribution < 1.29 is 9.47 Å². The molecule has 1 aromatic heterocycles. The van der Waals surface area contributed by atoms with E-state index in [4.69, 9.17) is 38.4 Å². The summed E-state index contributed by atoms with van der Waals surface area (Å²) < 4.78 is 12.2. The normalized spacial score (nSPS) is 11.0. The first kappa shape index (κ1) is 20.7. The second-order valence-electron chi connectivity index (χ2n) is 4.73. The molecule has 0 saturated heterocycles. The number of methoxy groups -OCH3 is 2. The molecule has 0 unspecified atom stereocenters. The number of aromatic nitrogens is 1. The van der Waals surface area contributed by atoms with Gasteiger partial charge in [0.25, 0.3) is 0 Å². The Morgan fingerprint density at radius 3 is 2.42 bits per heavy atom. The Hall–Kier alpha value is -1.32. The third-order valence-electron chi connectivity index (χ3n) is 3.28. The number of anilines is 1. The summed E-state index contributed by atoms with van der Waals surface area (Å²) in [6.07, 6.45) is 0. The number of ether oxygens (including phenoxy) is 2. The summed E-state index contributed by atoms with van der Waals surface area (Å²) >= 11 is 12.0. The summed E-state index contributed by atoms with van der Waals surface area (Å²) in [4.78, 5) is 4.28. The van der Waals surface area contributed by atoms with Crippen LogP contribution in [0, 0.1) is 0 Å². The monoisotopic (exact) mass is 484 g/mol. The molecule has 0 saturated carbocycles. The zero-order valence-electron chi connectivity index (χ0n) is 13.5. The molecule has 0 fully saturated rings. The molecule has 1 aromatic carbocycles. The maximum absolute atomic E-state index is 6.02. The average molecular weight is 485 g/mol. The van der Waals surface area contributed by atoms with Gasteiger partial charge in [-0.2, -0.15) is 0 Å². The molecule has 0 aliphatic carbocycles. The predicted molar refractivity (Wildman–Crippen MR) is 109 cm³/mol. The third-order valence-corrected chi connectivity index (χ3v) is 4.13. The van der Waals surface area contributed by atoms with Gasteiger partial charge < -0.3 is 25.1 Å². The van der Waals surface area contributed by atoms with Crippen molar-refractivity contribution >= 4 is 58.8 Å². The lowest BCUT2D eigenvalue weighted by Crippen LogP contribution is -2.22. The molecule has 2 aromatic rings. The highest BCUT2D eigenvalue weighted by atomic mass is 127. The lowest BCUT2D eigenvalue weighted by atomic mass is 10.3. The number of rotatable bonds is 5. The van der Waals surface area contributed by atoms with Crippen LogP contribution in [0.2, 0.25) is 10.2 Å². The zero-order chi connectivity index (χ0) is 17.0. The van der Waals surface area contributed by atoms with Crippen molar-refractivity contribution in [3.8, 4) is 11.5 Å². The molecule has 24 heavy (non-hydrogen) atoms. The largest absolute Gasteiger partial charge is 0.493 e. The van der Waals surface area contributed by atoms with Crippen molar-refractivity contribution in [3.05, 3.63) is 40.1 Å². The molecule has 0 spiro atoms. The fraction of sp³-hybridized carbons (Fsp3) is 0.267. The Kier molecular flexibility index (Phi) is 7.98. The number of halogens is 3. The Morgan fingerprint density at radius 2 is 1.88 bits per heavy atom. The van der Waals surface area contributed by atoms with E-state index in [1.54, 1.807) is 37.0 Å². The van der Waals surface area contributed by atoms with Crippen molar-refractivity contribution in [1.82, 2.24) is 4.57 Å². The van der Waals surface area contributed by atoms with E-state index in [0.29, 0.717) is 28.2 Å². The molecule has 0 aliphatic rings. The minimum absolute atomic E-state index is 0. The van der Waals surface area contributed by atoms with Gasteiger partial charge in [-0.1, -0.05) is 23.2 Å². The molecule has 1 heterocycles. The summed E-state index contributed by atoms with van der Waals surface area (Å²) in [7, 11) is 4.97. The molecule has 9 heteroatoms. The molecule has 2 rings (SSSR count). The smallest absolute Gasteiger partial charge is 0.193 e. The summed E-state index contributed by atoms with van der Waals surface area (Å²) in [6, 6.07) is 7.14. The van der Waals surface area contributed by atoms with Crippen LogP contribution in [0.4, 0.5) is 5.69 Å². The van der Waals surface area contributed by atoms with E-state index in [2.05, 4.69) is 10.3 Å². The molecular formula is C15H19Cl2IN4O2. The van der Waals surface area contributed by atoms with Gasteiger partial charge in [0, 0.05) is 24.5 Å². The van der Waals surface area contributed by atoms with Gasteiger partial charge >= 0.3 is 0 Å². The SMILES string of the molecule is COc1ccc(NC(N)=NCc2cc(Cl)c(Cl)n2C)cc1OC.I. The van der Waals surface area contributed by atoms with Crippen molar-refractivity contribution in [2.75, 3.05) is 19.5 Å². The fourth-order valence-electron chi connectivity index (χ4n) is 2.01. The number of nitrogens with zero attached hydrogens (tertiary/aromatic N) is 2. The van der Waals surface area contributed by atoms with Crippen molar-refractivity contribution in [2.24, 2.45) is 17.8 Å². The quantitative estimate of drug-likeness (QED) is 0.383. The van der Waals surface area contributed by atoms with Gasteiger partial charge in [0.2, 0.25) is 0 Å². The van der Waals surface area contributed by atoms with Crippen molar-refractivity contribution in [1.29, 1.82) is 0 Å². The highest BCUT2D eigenvalue weighted by molar-refractivity contribution is 14.0. The van der Waals surface area contributed by atoms with Gasteiger partial charge in [-0.15, -0.1) is 24.0 Å². The van der Waals surface area contributed by atoms with Crippen LogP contribution in [-0.4, -0.2) is 24.7 Å². The van der Waals surface area contributed by atoms with Gasteiger partial charge in [-0.05, 0) is 18.2 Å². The number of hydrogen-bond donors (Lipinski definition) is 2. The van der Waals surface area contributed by atoms with Crippen LogP contribution in [-0.2, 0) is 13.6 Å². The molecule has 132 valence electrons. The number of hydrogen-bond acceptors (Lipinski definition) is 3. The number of nitrogens with one attached hydrogen (secondary N) is 1. The van der Waals surface area contributed by atoms with E-state index < -0.39 is 0 Å². The maximum Gasteiger partial charge on any atom is 0.193 e. The second kappa shape index (κ2) is 9.24. The van der Waals surface area contributed by atoms with Gasteiger partial charge in [0.1, 0.15) is 5.15 Å². The van der Waals surface area contributed by atoms with Crippen LogP contribution >= 0.6 is 47.2 Å². The summed E-state index contributed by atoms with van der Waals surface area (Å²) in [5.41, 5.74) is 7.50. The molecule has 0 amide bonds. The zero-order valence-corrected chi connectivity index (χ0v) is 17.3. The Balaban J connectivity index is 0.00000288. The maximum atomic E-state index is 6.02. The second-order valence-corrected chi connectivity index (χ2v) is 5.49. The number of nitrogens with two attached hydrogens (primary N) is 1. The van der Waals surface area contributed by atoms with Crippen LogP contribution in [0.25, 0.3) is 0 Å². The Bertz CT molecular complexity index is 735. The summed E-state index contributed by atoms with van der Waals surface area (Å²) in [5, 5.41) is 3.96. The lowest BCUT2D eigenvalue weighted by Gasteiger charge is -2.11. The average Bonchev–Trinajstić information content (AvgIpc) is 2.79. The number of guanidine groups is 1. The number of benzene rings is 1. The molecule has 3 N–H and O–H groups in total. The van der Waals surface area contributed by atoms with E-state index in [9.17, 15) is 0 Å². The molecule has 0 bridgehead atoms. The molecule has 0 radical (unpaired) electrons. The first-order valence-corrected chi connectivity index (χ1v) is 7.50. The molecule has 0 aliphatic heterocycles. The first-order chi connectivity index (χ1) is 11.0. The fourth-order valence-corrected chi connectivity index (χ4v) is 2.42. The van der Waals surface area contributed by atoms with Gasteiger partial charge in [0.15, 0.2) is 17.5 Å². The summed E-state index contributed by atoms with van der Waals surface area (Å²) in [6.45, 7) is 0.356. The van der Waals surface area contributed by atoms with E-state index >= 15 is 0 Å². The third kappa shape index (κ3) is 4.84. The minimum Gasteiger partial charge on any atom is -0.493 e. The molecular weight excluding hydrogens is 466 g/mol. The van der Waals surface area contributed by atoms with Crippen LogP contribution in [0.15, 0.2) is 29.3 Å². The van der Waals surface area contributed by atoms with Gasteiger partial charge in [-0.25, -0.2) is 4.99 Å². The van der Waals surface area contributed by atoms with Crippen LogP contribution < -0.4 is 20.5 Å². The van der Waals surface area contributed by atoms with E-state index in [1.807, 2.05) is 13.1 Å². The number of aliphatic imine (C=N–C) groups is 1. The summed E-state index contributed by atoms with van der Waals surface area (Å²) in [5.74, 6) is 1.51. The lowest BCUT2D eigenvalue weighted by molar-refractivity contribution is 0.355. The molecule has 6 nitrogen and oxygen atoms in total. The van der Waals surface area contributed by atoms with Crippen LogP contribution in [0.5, 0.6) is 11.5 Å². The van der Waals surface area contributed by atoms with Gasteiger partial charge in [-0.3, -0.25) is 0 Å². The Morgan fingerprint density at radius 1 is 1.21 bits per heavy atom. The van der Waals surface area contributed by atoms with Crippen molar-refractivity contribution in [2.45, 2.75) is 6.54 Å². The topological polar surface area (TPSA) is 73.8 Å². The highest BCUT2D eigenvalue weighted by Gasteiger charge is 2.09. The van der Waals surface area contributed by atoms with Crippen molar-refractivity contribution in [3.63, 3.8) is 0 Å². The highest BCUT2D eigenvalue weighted by Crippen LogP contribution is 2.29. The van der Waals surface area contributed by atoms with E-state index in [0.717, 1.165) is 11.4 Å². The van der Waals surface area contributed by atoms with E-state index in [-0.39, 0.29) is 29.9 Å². The van der Waals surface area contributed by atoms with Crippen LogP contribution in [0.3, 0.4) is 0 Å². The van der Waals surface area contributed by atoms with E-state index in [1.165, 1.54) is 0 Å². The molecule has 0 atom stereocenters. The van der Waals surface area contributed by atoms with Gasteiger partial charge in [0.05, 0.1) is 25.8 Å². The minimum atomic E-state index is 0.